The van der Waals surface area contributed by atoms with Crippen LogP contribution in [0.5, 0.6) is 5.75 Å². The number of halogens is 7. The molecule has 2 aromatic carbocycles. The molecule has 0 saturated carbocycles. The summed E-state index contributed by atoms with van der Waals surface area (Å²) in [4.78, 5) is 12.7. The Morgan fingerprint density at radius 2 is 1.89 bits per heavy atom. The first-order valence-electron chi connectivity index (χ1n) is 10.5. The van der Waals surface area contributed by atoms with E-state index in [1.165, 1.54) is 16.7 Å². The summed E-state index contributed by atoms with van der Waals surface area (Å²) in [5.41, 5.74) is -2.40. The van der Waals surface area contributed by atoms with Crippen LogP contribution in [0.15, 0.2) is 35.1 Å². The largest absolute Gasteiger partial charge is 0.480 e. The van der Waals surface area contributed by atoms with Crippen molar-refractivity contribution in [3.63, 3.8) is 0 Å². The van der Waals surface area contributed by atoms with Crippen LogP contribution >= 0.6 is 11.6 Å². The fourth-order valence-electron chi connectivity index (χ4n) is 3.27. The van der Waals surface area contributed by atoms with Gasteiger partial charge < -0.3 is 4.74 Å². The van der Waals surface area contributed by atoms with E-state index >= 15 is 8.78 Å². The molecule has 3 rings (SSSR count). The van der Waals surface area contributed by atoms with E-state index in [1.54, 1.807) is 13.8 Å². The van der Waals surface area contributed by atoms with Gasteiger partial charge >= 0.3 is 11.9 Å². The Kier molecular flexibility index (Phi) is 7.68. The van der Waals surface area contributed by atoms with Gasteiger partial charge in [0.05, 0.1) is 10.6 Å². The summed E-state index contributed by atoms with van der Waals surface area (Å²) < 4.78 is 90.8. The number of aromatic nitrogens is 3. The number of hydrogen-bond acceptors (Lipinski definition) is 3. The SMILES string of the molecule is CCc1nn(-c2cc(O[C@@H](C)C(F)(F)F)c(/C(F)=C/c3c(F)cccc3Cl)cc2F)c(=O)n1CC. The molecule has 0 unspecified atom stereocenters. The summed E-state index contributed by atoms with van der Waals surface area (Å²) >= 11 is 5.89. The van der Waals surface area contributed by atoms with Gasteiger partial charge in [-0.25, -0.2) is 18.0 Å². The maximum absolute atomic E-state index is 15.2. The summed E-state index contributed by atoms with van der Waals surface area (Å²) in [6.45, 7) is 4.27. The van der Waals surface area contributed by atoms with E-state index in [2.05, 4.69) is 5.10 Å². The molecule has 35 heavy (non-hydrogen) atoms. The number of nitrogens with zero attached hydrogens (tertiary/aromatic N) is 3. The molecule has 3 aromatic rings. The van der Waals surface area contributed by atoms with Crippen molar-refractivity contribution in [2.75, 3.05) is 0 Å². The Balaban J connectivity index is 2.24. The van der Waals surface area contributed by atoms with E-state index in [4.69, 9.17) is 16.3 Å². The summed E-state index contributed by atoms with van der Waals surface area (Å²) in [5.74, 6) is -3.80. The second-order valence-corrected chi connectivity index (χ2v) is 7.84. The number of ether oxygens (including phenoxy) is 1. The maximum atomic E-state index is 15.2. The van der Waals surface area contributed by atoms with Gasteiger partial charge in [-0.2, -0.15) is 17.9 Å². The molecule has 0 fully saturated rings. The number of aryl methyl sites for hydroxylation is 1. The Labute approximate surface area is 201 Å². The van der Waals surface area contributed by atoms with Crippen LogP contribution in [0.3, 0.4) is 0 Å². The van der Waals surface area contributed by atoms with Crippen LogP contribution in [0.2, 0.25) is 5.02 Å². The zero-order chi connectivity index (χ0) is 26.1. The molecule has 0 aliphatic rings. The lowest BCUT2D eigenvalue weighted by Crippen LogP contribution is -2.31. The Morgan fingerprint density at radius 3 is 2.43 bits per heavy atom. The molecule has 0 radical (unpaired) electrons. The second-order valence-electron chi connectivity index (χ2n) is 7.44. The molecule has 0 saturated heterocycles. The van der Waals surface area contributed by atoms with E-state index in [0.29, 0.717) is 36.0 Å². The molecule has 188 valence electrons. The van der Waals surface area contributed by atoms with Gasteiger partial charge in [-0.15, -0.1) is 5.10 Å². The highest BCUT2D eigenvalue weighted by Crippen LogP contribution is 2.36. The van der Waals surface area contributed by atoms with Crippen molar-refractivity contribution in [3.8, 4) is 11.4 Å². The summed E-state index contributed by atoms with van der Waals surface area (Å²) in [5, 5.41) is 3.86. The van der Waals surface area contributed by atoms with Crippen LogP contribution in [0.4, 0.5) is 26.3 Å². The lowest BCUT2D eigenvalue weighted by molar-refractivity contribution is -0.189. The van der Waals surface area contributed by atoms with Crippen molar-refractivity contribution in [3.05, 3.63) is 74.4 Å². The standard InChI is InChI=1S/C23H20ClF6N3O2/c1-4-21-31-33(22(34)32(21)5-2)19-11-20(35-12(3)23(28,29)30)14(10-18(19)27)17(26)9-13-15(24)7-6-8-16(13)25/h6-12H,4-5H2,1-3H3/b17-9-/t12-/m0/s1. The second kappa shape index (κ2) is 10.2. The predicted octanol–water partition coefficient (Wildman–Crippen LogP) is 6.35. The molecule has 0 aliphatic carbocycles. The molecule has 1 atom stereocenters. The van der Waals surface area contributed by atoms with Crippen LogP contribution in [0.25, 0.3) is 17.6 Å². The third-order valence-electron chi connectivity index (χ3n) is 5.14. The molecule has 1 aromatic heterocycles. The monoisotopic (exact) mass is 519 g/mol. The molecule has 0 spiro atoms. The lowest BCUT2D eigenvalue weighted by atomic mass is 10.1. The highest BCUT2D eigenvalue weighted by molar-refractivity contribution is 6.32. The van der Waals surface area contributed by atoms with Crippen LogP contribution in [0.1, 0.15) is 37.7 Å². The van der Waals surface area contributed by atoms with Crippen LogP contribution in [-0.4, -0.2) is 26.6 Å². The Morgan fingerprint density at radius 1 is 1.20 bits per heavy atom. The zero-order valence-corrected chi connectivity index (χ0v) is 19.5. The van der Waals surface area contributed by atoms with Gasteiger partial charge in [0.25, 0.3) is 0 Å². The Bertz CT molecular complexity index is 1310. The first kappa shape index (κ1) is 26.4. The average molecular weight is 520 g/mol. The maximum Gasteiger partial charge on any atom is 0.425 e. The van der Waals surface area contributed by atoms with E-state index in [-0.39, 0.29) is 11.6 Å². The van der Waals surface area contributed by atoms with E-state index < -0.39 is 58.0 Å². The predicted molar refractivity (Wildman–Crippen MR) is 119 cm³/mol. The third kappa shape index (κ3) is 5.39. The molecule has 0 amide bonds. The van der Waals surface area contributed by atoms with Crippen molar-refractivity contribution in [2.24, 2.45) is 0 Å². The molecule has 5 nitrogen and oxygen atoms in total. The molecule has 0 bridgehead atoms. The molecular weight excluding hydrogens is 500 g/mol. The molecule has 0 N–H and O–H groups in total. The first-order chi connectivity index (χ1) is 16.4. The highest BCUT2D eigenvalue weighted by atomic mass is 35.5. The molecule has 0 aliphatic heterocycles. The minimum Gasteiger partial charge on any atom is -0.480 e. The fraction of sp³-hybridized carbons (Fsp3) is 0.304. The molecular formula is C23H20ClF6N3O2. The smallest absolute Gasteiger partial charge is 0.425 e. The highest BCUT2D eigenvalue weighted by Gasteiger charge is 2.39. The van der Waals surface area contributed by atoms with E-state index in [1.807, 2.05) is 0 Å². The van der Waals surface area contributed by atoms with Crippen molar-refractivity contribution in [1.29, 1.82) is 0 Å². The number of benzene rings is 2. The van der Waals surface area contributed by atoms with Gasteiger partial charge in [0, 0.05) is 24.6 Å². The van der Waals surface area contributed by atoms with Crippen LogP contribution < -0.4 is 10.4 Å². The quantitative estimate of drug-likeness (QED) is 0.270. The van der Waals surface area contributed by atoms with Crippen molar-refractivity contribution >= 4 is 23.5 Å². The van der Waals surface area contributed by atoms with Gasteiger partial charge in [-0.1, -0.05) is 24.6 Å². The molecule has 12 heteroatoms. The van der Waals surface area contributed by atoms with Gasteiger partial charge in [0.2, 0.25) is 0 Å². The minimum absolute atomic E-state index is 0.174. The first-order valence-corrected chi connectivity index (χ1v) is 10.8. The lowest BCUT2D eigenvalue weighted by Gasteiger charge is -2.20. The normalized spacial score (nSPS) is 13.3. The van der Waals surface area contributed by atoms with E-state index in [0.717, 1.165) is 12.1 Å². The van der Waals surface area contributed by atoms with Gasteiger partial charge in [-0.05, 0) is 38.1 Å². The summed E-state index contributed by atoms with van der Waals surface area (Å²) in [7, 11) is 0. The van der Waals surface area contributed by atoms with Crippen molar-refractivity contribution in [2.45, 2.75) is 46.0 Å². The zero-order valence-electron chi connectivity index (χ0n) is 18.8. The molecule has 1 heterocycles. The van der Waals surface area contributed by atoms with Gasteiger partial charge in [0.15, 0.2) is 6.10 Å². The third-order valence-corrected chi connectivity index (χ3v) is 5.47. The summed E-state index contributed by atoms with van der Waals surface area (Å²) in [6.07, 6.45) is -6.31. The van der Waals surface area contributed by atoms with Crippen LogP contribution in [0, 0.1) is 11.6 Å². The topological polar surface area (TPSA) is 49.1 Å². The number of alkyl halides is 3. The summed E-state index contributed by atoms with van der Waals surface area (Å²) in [6, 6.07) is 4.85. The van der Waals surface area contributed by atoms with Gasteiger partial charge in [-0.3, -0.25) is 4.57 Å². The van der Waals surface area contributed by atoms with E-state index in [9.17, 15) is 22.4 Å². The van der Waals surface area contributed by atoms with Crippen molar-refractivity contribution in [1.82, 2.24) is 14.3 Å². The minimum atomic E-state index is -4.84. The Hall–Kier alpha value is -3.21. The number of rotatable bonds is 7. The van der Waals surface area contributed by atoms with Gasteiger partial charge in [0.1, 0.15) is 34.7 Å². The number of hydrogen-bond donors (Lipinski definition) is 0. The fourth-order valence-corrected chi connectivity index (χ4v) is 3.49. The average Bonchev–Trinajstić information content (AvgIpc) is 3.11. The van der Waals surface area contributed by atoms with Crippen molar-refractivity contribution < 1.29 is 31.1 Å². The van der Waals surface area contributed by atoms with Crippen LogP contribution in [-0.2, 0) is 13.0 Å².